The van der Waals surface area contributed by atoms with Crippen LogP contribution in [0.3, 0.4) is 0 Å². The van der Waals surface area contributed by atoms with E-state index in [0.29, 0.717) is 19.6 Å². The summed E-state index contributed by atoms with van der Waals surface area (Å²) in [6.07, 6.45) is -0.276. The third-order valence-corrected chi connectivity index (χ3v) is 3.47. The van der Waals surface area contributed by atoms with Crippen molar-refractivity contribution in [1.82, 2.24) is 10.2 Å². The van der Waals surface area contributed by atoms with Gasteiger partial charge in [0.05, 0.1) is 13.1 Å². The molecule has 1 amide bonds. The van der Waals surface area contributed by atoms with Crippen molar-refractivity contribution in [2.75, 3.05) is 19.6 Å². The van der Waals surface area contributed by atoms with Gasteiger partial charge in [0, 0.05) is 13.1 Å². The van der Waals surface area contributed by atoms with Gasteiger partial charge in [-0.3, -0.25) is 9.89 Å². The fourth-order valence-electron chi connectivity index (χ4n) is 1.81. The van der Waals surface area contributed by atoms with E-state index in [1.807, 2.05) is 26.2 Å². The molecule has 1 N–H and O–H groups in total. The van der Waals surface area contributed by atoms with Crippen LogP contribution < -0.4 is 5.32 Å². The minimum atomic E-state index is -0.462. The second-order valence-corrected chi connectivity index (χ2v) is 6.50. The lowest BCUT2D eigenvalue weighted by atomic mass is 10.2. The van der Waals surface area contributed by atoms with E-state index < -0.39 is 5.60 Å². The zero-order valence-corrected chi connectivity index (χ0v) is 13.0. The molecule has 0 atom stereocenters. The average molecular weight is 295 g/mol. The number of amides is 1. The summed E-state index contributed by atoms with van der Waals surface area (Å²) in [5.41, 5.74) is 0.766. The number of hydrogen-bond acceptors (Lipinski definition) is 5. The summed E-state index contributed by atoms with van der Waals surface area (Å²) in [7, 11) is 0. The van der Waals surface area contributed by atoms with Gasteiger partial charge in [0.2, 0.25) is 0 Å². The van der Waals surface area contributed by atoms with Gasteiger partial charge < -0.3 is 10.1 Å². The van der Waals surface area contributed by atoms with Gasteiger partial charge in [0.1, 0.15) is 11.4 Å². The molecule has 6 heteroatoms. The zero-order chi connectivity index (χ0) is 14.6. The number of hydrogen-bond donors (Lipinski definition) is 1. The summed E-state index contributed by atoms with van der Waals surface area (Å²) in [5.74, 6) is 0.841. The zero-order valence-electron chi connectivity index (χ0n) is 12.2. The van der Waals surface area contributed by atoms with Crippen LogP contribution in [0.1, 0.15) is 26.3 Å². The number of amidine groups is 1. The van der Waals surface area contributed by atoms with Crippen LogP contribution in [0.5, 0.6) is 0 Å². The molecule has 0 saturated carbocycles. The van der Waals surface area contributed by atoms with E-state index in [4.69, 9.17) is 4.74 Å². The summed E-state index contributed by atoms with van der Waals surface area (Å²) >= 11 is 1.67. The molecule has 2 rings (SSSR count). The second-order valence-electron chi connectivity index (χ2n) is 5.72. The van der Waals surface area contributed by atoms with E-state index in [-0.39, 0.29) is 6.09 Å². The van der Waals surface area contributed by atoms with Crippen LogP contribution in [-0.4, -0.2) is 42.1 Å². The fourth-order valence-corrected chi connectivity index (χ4v) is 2.48. The van der Waals surface area contributed by atoms with Crippen molar-refractivity contribution in [2.45, 2.75) is 32.9 Å². The van der Waals surface area contributed by atoms with Gasteiger partial charge in [-0.15, -0.1) is 0 Å². The summed E-state index contributed by atoms with van der Waals surface area (Å²) in [4.78, 5) is 18.1. The van der Waals surface area contributed by atoms with Gasteiger partial charge in [-0.25, -0.2) is 4.79 Å². The third kappa shape index (κ3) is 4.52. The lowest BCUT2D eigenvalue weighted by molar-refractivity contribution is 0.0276. The molecule has 0 aliphatic carbocycles. The van der Waals surface area contributed by atoms with Gasteiger partial charge in [-0.05, 0) is 43.2 Å². The predicted octanol–water partition coefficient (Wildman–Crippen LogP) is 2.49. The second kappa shape index (κ2) is 6.26. The van der Waals surface area contributed by atoms with E-state index in [0.717, 1.165) is 12.4 Å². The Morgan fingerprint density at radius 1 is 1.55 bits per heavy atom. The quantitative estimate of drug-likeness (QED) is 0.912. The Morgan fingerprint density at radius 2 is 2.35 bits per heavy atom. The van der Waals surface area contributed by atoms with Crippen molar-refractivity contribution in [3.8, 4) is 0 Å². The van der Waals surface area contributed by atoms with Gasteiger partial charge in [-0.1, -0.05) is 0 Å². The Morgan fingerprint density at radius 3 is 3.00 bits per heavy atom. The third-order valence-electron chi connectivity index (χ3n) is 2.74. The largest absolute Gasteiger partial charge is 0.444 e. The molecule has 1 aromatic rings. The lowest BCUT2D eigenvalue weighted by Gasteiger charge is -2.29. The molecule has 0 unspecified atom stereocenters. The van der Waals surface area contributed by atoms with Crippen molar-refractivity contribution in [3.05, 3.63) is 22.4 Å². The number of carbonyl (C=O) groups excluding carboxylic acids is 1. The van der Waals surface area contributed by atoms with Gasteiger partial charge in [0.25, 0.3) is 0 Å². The Hall–Kier alpha value is -1.56. The fraction of sp³-hybridized carbons (Fsp3) is 0.571. The normalized spacial score (nSPS) is 15.8. The highest BCUT2D eigenvalue weighted by Gasteiger charge is 2.24. The Balaban J connectivity index is 1.84. The van der Waals surface area contributed by atoms with Gasteiger partial charge >= 0.3 is 6.09 Å². The highest BCUT2D eigenvalue weighted by molar-refractivity contribution is 7.07. The van der Waals surface area contributed by atoms with Crippen LogP contribution in [0.15, 0.2) is 21.8 Å². The summed E-state index contributed by atoms with van der Waals surface area (Å²) < 4.78 is 5.38. The van der Waals surface area contributed by atoms with Crippen LogP contribution in [0.25, 0.3) is 0 Å². The SMILES string of the molecule is CC(C)(C)OC(=O)N1CCN=C(NCc2ccsc2)C1. The van der Waals surface area contributed by atoms with Crippen molar-refractivity contribution in [1.29, 1.82) is 0 Å². The molecular weight excluding hydrogens is 274 g/mol. The molecule has 2 heterocycles. The molecule has 0 aromatic carbocycles. The molecule has 0 fully saturated rings. The van der Waals surface area contributed by atoms with E-state index in [1.54, 1.807) is 16.2 Å². The van der Waals surface area contributed by atoms with Crippen LogP contribution in [-0.2, 0) is 11.3 Å². The maximum Gasteiger partial charge on any atom is 0.410 e. The number of thiophene rings is 1. The molecule has 5 nitrogen and oxygen atoms in total. The van der Waals surface area contributed by atoms with E-state index in [9.17, 15) is 4.79 Å². The number of nitrogens with zero attached hydrogens (tertiary/aromatic N) is 2. The smallest absolute Gasteiger partial charge is 0.410 e. The van der Waals surface area contributed by atoms with Crippen molar-refractivity contribution in [2.24, 2.45) is 4.99 Å². The molecule has 0 saturated heterocycles. The van der Waals surface area contributed by atoms with Crippen LogP contribution >= 0.6 is 11.3 Å². The first-order chi connectivity index (χ1) is 9.44. The maximum atomic E-state index is 12.0. The Labute approximate surface area is 123 Å². The highest BCUT2D eigenvalue weighted by Crippen LogP contribution is 2.11. The first-order valence-electron chi connectivity index (χ1n) is 6.70. The maximum absolute atomic E-state index is 12.0. The number of nitrogens with one attached hydrogen (secondary N) is 1. The Bertz CT molecular complexity index is 477. The monoisotopic (exact) mass is 295 g/mol. The molecule has 110 valence electrons. The first-order valence-corrected chi connectivity index (χ1v) is 7.64. The molecule has 0 spiro atoms. The summed E-state index contributed by atoms with van der Waals surface area (Å²) in [6, 6.07) is 2.08. The molecule has 0 bridgehead atoms. The number of carbonyl (C=O) groups is 1. The predicted molar refractivity (Wildman–Crippen MR) is 81.3 cm³/mol. The van der Waals surface area contributed by atoms with Crippen molar-refractivity contribution < 1.29 is 9.53 Å². The standard InChI is InChI=1S/C14H21N3O2S/c1-14(2,3)19-13(18)17-6-5-15-12(9-17)16-8-11-4-7-20-10-11/h4,7,10H,5-6,8-9H2,1-3H3,(H,15,16). The molecule has 1 aliphatic rings. The van der Waals surface area contributed by atoms with Gasteiger partial charge in [0.15, 0.2) is 0 Å². The minimum Gasteiger partial charge on any atom is -0.444 e. The number of rotatable bonds is 2. The molecule has 20 heavy (non-hydrogen) atoms. The van der Waals surface area contributed by atoms with Crippen LogP contribution in [0, 0.1) is 0 Å². The number of aliphatic imine (C=N–C) groups is 1. The average Bonchev–Trinajstić information content (AvgIpc) is 2.88. The lowest BCUT2D eigenvalue weighted by Crippen LogP contribution is -2.47. The minimum absolute atomic E-state index is 0.276. The van der Waals surface area contributed by atoms with E-state index in [1.165, 1.54) is 5.56 Å². The van der Waals surface area contributed by atoms with E-state index in [2.05, 4.69) is 21.8 Å². The number of ether oxygens (including phenoxy) is 1. The topological polar surface area (TPSA) is 53.9 Å². The van der Waals surface area contributed by atoms with Crippen LogP contribution in [0.4, 0.5) is 4.79 Å². The Kier molecular flexibility index (Phi) is 4.65. The molecule has 1 aromatic heterocycles. The van der Waals surface area contributed by atoms with Crippen LogP contribution in [0.2, 0.25) is 0 Å². The first kappa shape index (κ1) is 14.8. The molecule has 1 aliphatic heterocycles. The van der Waals surface area contributed by atoms with E-state index >= 15 is 0 Å². The molecule has 0 radical (unpaired) electrons. The summed E-state index contributed by atoms with van der Waals surface area (Å²) in [6.45, 7) is 8.07. The highest BCUT2D eigenvalue weighted by atomic mass is 32.1. The summed E-state index contributed by atoms with van der Waals surface area (Å²) in [5, 5.41) is 7.43. The van der Waals surface area contributed by atoms with Crippen molar-refractivity contribution >= 4 is 23.3 Å². The molecular formula is C14H21N3O2S. The van der Waals surface area contributed by atoms with Crippen molar-refractivity contribution in [3.63, 3.8) is 0 Å². The van der Waals surface area contributed by atoms with Gasteiger partial charge in [-0.2, -0.15) is 11.3 Å².